The standard InChI is InChI=1S/C18H20N2O/c1-19(2)15-8-5-13(6-9-15)18-17-11-16(20(3)4)10-7-14(17)12-21-18/h5-12H,1-4H3. The topological polar surface area (TPSA) is 19.6 Å². The van der Waals surface area contributed by atoms with Gasteiger partial charge in [0.1, 0.15) is 5.76 Å². The van der Waals surface area contributed by atoms with Crippen molar-refractivity contribution in [2.24, 2.45) is 0 Å². The Labute approximate surface area is 125 Å². The summed E-state index contributed by atoms with van der Waals surface area (Å²) in [5, 5.41) is 2.28. The molecule has 1 aromatic heterocycles. The van der Waals surface area contributed by atoms with Crippen molar-refractivity contribution in [2.75, 3.05) is 38.0 Å². The van der Waals surface area contributed by atoms with Gasteiger partial charge in [-0.3, -0.25) is 0 Å². The highest BCUT2D eigenvalue weighted by Gasteiger charge is 2.10. The first kappa shape index (κ1) is 13.6. The molecule has 1 heterocycles. The van der Waals surface area contributed by atoms with E-state index in [1.807, 2.05) is 34.5 Å². The quantitative estimate of drug-likeness (QED) is 0.715. The van der Waals surface area contributed by atoms with E-state index in [0.717, 1.165) is 22.1 Å². The van der Waals surface area contributed by atoms with Crippen LogP contribution in [0.1, 0.15) is 0 Å². The lowest BCUT2D eigenvalue weighted by atomic mass is 10.1. The smallest absolute Gasteiger partial charge is 0.141 e. The molecular weight excluding hydrogens is 260 g/mol. The van der Waals surface area contributed by atoms with Gasteiger partial charge in [0.2, 0.25) is 0 Å². The van der Waals surface area contributed by atoms with Crippen LogP contribution in [0.25, 0.3) is 22.1 Å². The molecule has 108 valence electrons. The molecule has 0 radical (unpaired) electrons. The maximum absolute atomic E-state index is 5.80. The molecule has 0 bridgehead atoms. The van der Waals surface area contributed by atoms with Gasteiger partial charge in [0, 0.05) is 55.9 Å². The predicted molar refractivity (Wildman–Crippen MR) is 90.3 cm³/mol. The molecule has 0 N–H and O–H groups in total. The fourth-order valence-electron chi connectivity index (χ4n) is 2.44. The first-order valence-corrected chi connectivity index (χ1v) is 7.02. The molecule has 3 aromatic rings. The lowest BCUT2D eigenvalue weighted by molar-refractivity contribution is 0.587. The number of hydrogen-bond donors (Lipinski definition) is 0. The highest BCUT2D eigenvalue weighted by molar-refractivity contribution is 5.96. The molecule has 0 saturated carbocycles. The molecule has 3 nitrogen and oxygen atoms in total. The van der Waals surface area contributed by atoms with E-state index in [0.29, 0.717) is 0 Å². The predicted octanol–water partition coefficient (Wildman–Crippen LogP) is 4.23. The van der Waals surface area contributed by atoms with Crippen LogP contribution in [0.5, 0.6) is 0 Å². The molecule has 3 rings (SSSR count). The lowest BCUT2D eigenvalue weighted by Gasteiger charge is -2.13. The molecule has 0 saturated heterocycles. The minimum Gasteiger partial charge on any atom is -0.463 e. The van der Waals surface area contributed by atoms with Gasteiger partial charge in [0.25, 0.3) is 0 Å². The highest BCUT2D eigenvalue weighted by atomic mass is 16.3. The summed E-state index contributed by atoms with van der Waals surface area (Å²) in [7, 11) is 8.18. The van der Waals surface area contributed by atoms with Crippen molar-refractivity contribution in [2.45, 2.75) is 0 Å². The molecule has 21 heavy (non-hydrogen) atoms. The van der Waals surface area contributed by atoms with E-state index < -0.39 is 0 Å². The Morgan fingerprint density at radius 3 is 2.00 bits per heavy atom. The lowest BCUT2D eigenvalue weighted by Crippen LogP contribution is -2.08. The van der Waals surface area contributed by atoms with Crippen LogP contribution in [-0.2, 0) is 0 Å². The van der Waals surface area contributed by atoms with Crippen LogP contribution in [0.2, 0.25) is 0 Å². The van der Waals surface area contributed by atoms with Crippen LogP contribution in [-0.4, -0.2) is 28.2 Å². The van der Waals surface area contributed by atoms with Crippen LogP contribution < -0.4 is 9.80 Å². The van der Waals surface area contributed by atoms with Crippen LogP contribution in [0.15, 0.2) is 53.1 Å². The Morgan fingerprint density at radius 1 is 0.762 bits per heavy atom. The van der Waals surface area contributed by atoms with E-state index in [2.05, 4.69) is 52.3 Å². The summed E-state index contributed by atoms with van der Waals surface area (Å²) in [6, 6.07) is 14.8. The molecule has 0 aliphatic carbocycles. The van der Waals surface area contributed by atoms with Gasteiger partial charge in [-0.1, -0.05) is 0 Å². The van der Waals surface area contributed by atoms with E-state index in [1.165, 1.54) is 11.4 Å². The van der Waals surface area contributed by atoms with Gasteiger partial charge in [0.05, 0.1) is 6.26 Å². The van der Waals surface area contributed by atoms with E-state index in [-0.39, 0.29) is 0 Å². The second-order valence-electron chi connectivity index (χ2n) is 5.67. The molecule has 0 spiro atoms. The maximum Gasteiger partial charge on any atom is 0.141 e. The monoisotopic (exact) mass is 280 g/mol. The largest absolute Gasteiger partial charge is 0.463 e. The van der Waals surface area contributed by atoms with Crippen LogP contribution in [0, 0.1) is 0 Å². The zero-order valence-electron chi connectivity index (χ0n) is 12.9. The fraction of sp³-hybridized carbons (Fsp3) is 0.222. The third-order valence-electron chi connectivity index (χ3n) is 3.75. The summed E-state index contributed by atoms with van der Waals surface area (Å²) in [5.41, 5.74) is 3.46. The SMILES string of the molecule is CN(C)c1ccc(-c2occ3ccc(N(C)C)cc23)cc1. The number of anilines is 2. The molecule has 2 aromatic carbocycles. The zero-order valence-corrected chi connectivity index (χ0v) is 12.9. The summed E-state index contributed by atoms with van der Waals surface area (Å²) < 4.78 is 5.80. The van der Waals surface area contributed by atoms with Gasteiger partial charge >= 0.3 is 0 Å². The van der Waals surface area contributed by atoms with Crippen molar-refractivity contribution in [3.8, 4) is 11.3 Å². The van der Waals surface area contributed by atoms with Gasteiger partial charge in [-0.15, -0.1) is 0 Å². The summed E-state index contributed by atoms with van der Waals surface area (Å²) >= 11 is 0. The van der Waals surface area contributed by atoms with Gasteiger partial charge in [-0.05, 0) is 42.5 Å². The highest BCUT2D eigenvalue weighted by Crippen LogP contribution is 2.33. The summed E-state index contributed by atoms with van der Waals surface area (Å²) in [6.45, 7) is 0. The number of fused-ring (bicyclic) bond motifs is 1. The molecule has 0 fully saturated rings. The maximum atomic E-state index is 5.80. The normalized spacial score (nSPS) is 10.9. The fourth-order valence-corrected chi connectivity index (χ4v) is 2.44. The number of furan rings is 1. The van der Waals surface area contributed by atoms with Crippen molar-refractivity contribution in [3.63, 3.8) is 0 Å². The summed E-state index contributed by atoms with van der Waals surface area (Å²) in [4.78, 5) is 4.19. The number of nitrogens with zero attached hydrogens (tertiary/aromatic N) is 2. The third kappa shape index (κ3) is 2.47. The minimum absolute atomic E-state index is 0.930. The van der Waals surface area contributed by atoms with Gasteiger partial charge in [-0.25, -0.2) is 0 Å². The molecule has 0 atom stereocenters. The first-order chi connectivity index (χ1) is 10.1. The van der Waals surface area contributed by atoms with Gasteiger partial charge in [-0.2, -0.15) is 0 Å². The number of benzene rings is 2. The Balaban J connectivity index is 2.09. The Morgan fingerprint density at radius 2 is 1.38 bits per heavy atom. The van der Waals surface area contributed by atoms with Crippen molar-refractivity contribution in [1.29, 1.82) is 0 Å². The first-order valence-electron chi connectivity index (χ1n) is 7.02. The summed E-state index contributed by atoms with van der Waals surface area (Å²) in [6.07, 6.45) is 1.82. The van der Waals surface area contributed by atoms with Crippen molar-refractivity contribution >= 4 is 22.1 Å². The molecule has 0 aliphatic heterocycles. The summed E-state index contributed by atoms with van der Waals surface area (Å²) in [5.74, 6) is 0.930. The van der Waals surface area contributed by atoms with E-state index in [4.69, 9.17) is 4.42 Å². The molecule has 0 amide bonds. The minimum atomic E-state index is 0.930. The molecule has 3 heteroatoms. The van der Waals surface area contributed by atoms with Crippen LogP contribution in [0.3, 0.4) is 0 Å². The second-order valence-corrected chi connectivity index (χ2v) is 5.67. The van der Waals surface area contributed by atoms with Gasteiger partial charge < -0.3 is 14.2 Å². The third-order valence-corrected chi connectivity index (χ3v) is 3.75. The Hall–Kier alpha value is -2.42. The average molecular weight is 280 g/mol. The van der Waals surface area contributed by atoms with Crippen LogP contribution in [0.4, 0.5) is 11.4 Å². The van der Waals surface area contributed by atoms with Crippen molar-refractivity contribution < 1.29 is 4.42 Å². The average Bonchev–Trinajstić information content (AvgIpc) is 2.90. The number of hydrogen-bond acceptors (Lipinski definition) is 3. The molecule has 0 unspecified atom stereocenters. The molecular formula is C18H20N2O. The van der Waals surface area contributed by atoms with E-state index in [9.17, 15) is 0 Å². The van der Waals surface area contributed by atoms with Crippen molar-refractivity contribution in [1.82, 2.24) is 0 Å². The second kappa shape index (κ2) is 5.17. The van der Waals surface area contributed by atoms with E-state index in [1.54, 1.807) is 0 Å². The Bertz CT molecular complexity index is 754. The molecule has 0 aliphatic rings. The Kier molecular flexibility index (Phi) is 3.34. The van der Waals surface area contributed by atoms with Crippen molar-refractivity contribution in [3.05, 3.63) is 48.7 Å². The van der Waals surface area contributed by atoms with Crippen LogP contribution >= 0.6 is 0 Å². The van der Waals surface area contributed by atoms with E-state index >= 15 is 0 Å². The number of rotatable bonds is 3. The zero-order chi connectivity index (χ0) is 15.0. The van der Waals surface area contributed by atoms with Gasteiger partial charge in [0.15, 0.2) is 0 Å².